The lowest BCUT2D eigenvalue weighted by Gasteiger charge is -2.11. The number of Topliss-reactive ketones (excluding diaryl/α,β-unsaturated/α-hetero) is 1. The summed E-state index contributed by atoms with van der Waals surface area (Å²) in [5.74, 6) is -0.775. The fourth-order valence-electron chi connectivity index (χ4n) is 1.17. The zero-order valence-electron chi connectivity index (χ0n) is 8.18. The number of ketones is 1. The van der Waals surface area contributed by atoms with E-state index >= 15 is 0 Å². The van der Waals surface area contributed by atoms with Gasteiger partial charge < -0.3 is 5.32 Å². The molecule has 0 heterocycles. The second-order valence-corrected chi connectivity index (χ2v) is 4.19. The second-order valence-electron chi connectivity index (χ2n) is 3.56. The highest BCUT2D eigenvalue weighted by molar-refractivity contribution is 14.1. The minimum Gasteiger partial charge on any atom is -0.347 e. The van der Waals surface area contributed by atoms with Gasteiger partial charge in [0.05, 0.1) is 6.04 Å². The summed E-state index contributed by atoms with van der Waals surface area (Å²) >= 11 is 1.92. The number of hydrogen-bond acceptors (Lipinski definition) is 3. The van der Waals surface area contributed by atoms with Gasteiger partial charge in [-0.25, -0.2) is 3.53 Å². The molecule has 4 nitrogen and oxygen atoms in total. The van der Waals surface area contributed by atoms with E-state index in [0.29, 0.717) is 6.42 Å². The molecule has 0 aliphatic heterocycles. The van der Waals surface area contributed by atoms with Crippen LogP contribution in [0.1, 0.15) is 32.6 Å². The van der Waals surface area contributed by atoms with E-state index in [0.717, 1.165) is 19.3 Å². The number of carbonyl (C=O) groups is 2. The van der Waals surface area contributed by atoms with Crippen LogP contribution in [0.5, 0.6) is 0 Å². The molecule has 0 aromatic rings. The molecular formula is C9H15IN2O2. The molecule has 80 valence electrons. The highest BCUT2D eigenvalue weighted by Gasteiger charge is 2.29. The Labute approximate surface area is 97.7 Å². The van der Waals surface area contributed by atoms with Gasteiger partial charge in [0.15, 0.2) is 0 Å². The Morgan fingerprint density at radius 1 is 1.50 bits per heavy atom. The summed E-state index contributed by atoms with van der Waals surface area (Å²) < 4.78 is 2.84. The third-order valence-electron chi connectivity index (χ3n) is 2.16. The molecule has 1 atom stereocenters. The van der Waals surface area contributed by atoms with Gasteiger partial charge in [-0.3, -0.25) is 9.59 Å². The van der Waals surface area contributed by atoms with Gasteiger partial charge in [-0.15, -0.1) is 0 Å². The minimum absolute atomic E-state index is 0.253. The van der Waals surface area contributed by atoms with Gasteiger partial charge in [0.25, 0.3) is 5.91 Å². The van der Waals surface area contributed by atoms with Crippen LogP contribution in [-0.2, 0) is 9.59 Å². The van der Waals surface area contributed by atoms with Gasteiger partial charge in [-0.05, 0) is 19.3 Å². The van der Waals surface area contributed by atoms with Crippen molar-refractivity contribution >= 4 is 34.6 Å². The Hall–Kier alpha value is -0.170. The van der Waals surface area contributed by atoms with E-state index in [1.165, 1.54) is 0 Å². The Kier molecular flexibility index (Phi) is 4.80. The number of amides is 1. The molecule has 1 amide bonds. The molecule has 0 bridgehead atoms. The highest BCUT2D eigenvalue weighted by Crippen LogP contribution is 2.18. The van der Waals surface area contributed by atoms with Crippen LogP contribution in [0.2, 0.25) is 0 Å². The average molecular weight is 310 g/mol. The molecule has 2 N–H and O–H groups in total. The highest BCUT2D eigenvalue weighted by atomic mass is 127. The van der Waals surface area contributed by atoms with Crippen molar-refractivity contribution in [2.24, 2.45) is 0 Å². The van der Waals surface area contributed by atoms with Crippen LogP contribution < -0.4 is 8.85 Å². The van der Waals surface area contributed by atoms with E-state index in [9.17, 15) is 9.59 Å². The second kappa shape index (κ2) is 5.65. The van der Waals surface area contributed by atoms with Crippen LogP contribution in [0, 0.1) is 0 Å². The maximum atomic E-state index is 11.5. The lowest BCUT2D eigenvalue weighted by Crippen LogP contribution is -2.43. The quantitative estimate of drug-likeness (QED) is 0.436. The summed E-state index contributed by atoms with van der Waals surface area (Å²) in [6.07, 6.45) is 3.62. The van der Waals surface area contributed by atoms with Gasteiger partial charge in [0.1, 0.15) is 0 Å². The molecule has 1 aliphatic rings. The zero-order valence-corrected chi connectivity index (χ0v) is 10.3. The van der Waals surface area contributed by atoms with Crippen molar-refractivity contribution in [2.45, 2.75) is 44.7 Å². The van der Waals surface area contributed by atoms with Crippen LogP contribution in [0.4, 0.5) is 0 Å². The molecule has 0 radical (unpaired) electrons. The number of halogens is 1. The fourth-order valence-corrected chi connectivity index (χ4v) is 1.76. The third-order valence-corrected chi connectivity index (χ3v) is 2.91. The fraction of sp³-hybridized carbons (Fsp3) is 0.778. The predicted octanol–water partition coefficient (Wildman–Crippen LogP) is 0.942. The van der Waals surface area contributed by atoms with Gasteiger partial charge in [0, 0.05) is 28.9 Å². The monoisotopic (exact) mass is 310 g/mol. The van der Waals surface area contributed by atoms with Crippen LogP contribution in [0.3, 0.4) is 0 Å². The van der Waals surface area contributed by atoms with Crippen molar-refractivity contribution < 1.29 is 9.59 Å². The maximum absolute atomic E-state index is 11.5. The first kappa shape index (κ1) is 11.9. The van der Waals surface area contributed by atoms with E-state index in [1.54, 1.807) is 0 Å². The van der Waals surface area contributed by atoms with Crippen molar-refractivity contribution in [1.29, 1.82) is 0 Å². The van der Waals surface area contributed by atoms with Gasteiger partial charge >= 0.3 is 0 Å². The molecule has 0 aromatic heterocycles. The van der Waals surface area contributed by atoms with E-state index < -0.39 is 5.91 Å². The standard InChI is InChI=1S/C9H15IN2O2/c1-2-3-7(12-10)8(13)9(14)11-6-4-5-6/h6-7,12H,2-5H2,1H3,(H,11,14). The minimum atomic E-state index is -0.435. The molecule has 0 saturated heterocycles. The Morgan fingerprint density at radius 3 is 2.57 bits per heavy atom. The number of rotatable bonds is 6. The largest absolute Gasteiger partial charge is 0.347 e. The molecule has 0 aromatic carbocycles. The zero-order chi connectivity index (χ0) is 10.6. The van der Waals surface area contributed by atoms with Crippen molar-refractivity contribution in [1.82, 2.24) is 8.85 Å². The first-order chi connectivity index (χ1) is 6.69. The molecule has 1 fully saturated rings. The van der Waals surface area contributed by atoms with Gasteiger partial charge in [-0.1, -0.05) is 13.3 Å². The first-order valence-electron chi connectivity index (χ1n) is 4.90. The third kappa shape index (κ3) is 3.53. The van der Waals surface area contributed by atoms with Gasteiger partial charge in [-0.2, -0.15) is 0 Å². The Bertz CT molecular complexity index is 229. The van der Waals surface area contributed by atoms with E-state index in [4.69, 9.17) is 0 Å². The average Bonchev–Trinajstić information content (AvgIpc) is 2.96. The van der Waals surface area contributed by atoms with Crippen LogP contribution in [0.25, 0.3) is 0 Å². The number of hydrogen-bond donors (Lipinski definition) is 2. The summed E-state index contributed by atoms with van der Waals surface area (Å²) in [6, 6.07) is -0.0812. The first-order valence-corrected chi connectivity index (χ1v) is 5.97. The van der Waals surface area contributed by atoms with E-state index in [-0.39, 0.29) is 17.9 Å². The predicted molar refractivity (Wildman–Crippen MR) is 62.0 cm³/mol. The number of carbonyl (C=O) groups excluding carboxylic acids is 2. The molecule has 1 aliphatic carbocycles. The molecule has 1 unspecified atom stereocenters. The van der Waals surface area contributed by atoms with Crippen molar-refractivity contribution in [3.63, 3.8) is 0 Å². The number of nitrogens with one attached hydrogen (secondary N) is 2. The summed E-state index contributed by atoms with van der Waals surface area (Å²) in [5.41, 5.74) is 0. The topological polar surface area (TPSA) is 58.2 Å². The van der Waals surface area contributed by atoms with Crippen LogP contribution in [0.15, 0.2) is 0 Å². The maximum Gasteiger partial charge on any atom is 0.289 e. The summed E-state index contributed by atoms with van der Waals surface area (Å²) in [7, 11) is 0. The summed E-state index contributed by atoms with van der Waals surface area (Å²) in [4.78, 5) is 22.9. The molecule has 5 heteroatoms. The molecule has 1 saturated carbocycles. The molecule has 14 heavy (non-hydrogen) atoms. The molecule has 1 rings (SSSR count). The van der Waals surface area contributed by atoms with Crippen LogP contribution >= 0.6 is 22.9 Å². The summed E-state index contributed by atoms with van der Waals surface area (Å²) in [6.45, 7) is 1.99. The molecular weight excluding hydrogens is 295 g/mol. The SMILES string of the molecule is CCCC(NI)C(=O)C(=O)NC1CC1. The molecule has 0 spiro atoms. The van der Waals surface area contributed by atoms with Crippen molar-refractivity contribution in [3.05, 3.63) is 0 Å². The van der Waals surface area contributed by atoms with Crippen LogP contribution in [-0.4, -0.2) is 23.8 Å². The summed E-state index contributed by atoms with van der Waals surface area (Å²) in [5, 5.41) is 2.70. The smallest absolute Gasteiger partial charge is 0.289 e. The lowest BCUT2D eigenvalue weighted by molar-refractivity contribution is -0.138. The lowest BCUT2D eigenvalue weighted by atomic mass is 10.1. The van der Waals surface area contributed by atoms with E-state index in [2.05, 4.69) is 8.85 Å². The normalized spacial score (nSPS) is 17.6. The van der Waals surface area contributed by atoms with Gasteiger partial charge in [0.2, 0.25) is 5.78 Å². The Morgan fingerprint density at radius 2 is 2.14 bits per heavy atom. The van der Waals surface area contributed by atoms with Crippen molar-refractivity contribution in [3.8, 4) is 0 Å². The van der Waals surface area contributed by atoms with E-state index in [1.807, 2.05) is 29.8 Å². The van der Waals surface area contributed by atoms with Crippen molar-refractivity contribution in [2.75, 3.05) is 0 Å². The Balaban J connectivity index is 2.38.